The van der Waals surface area contributed by atoms with Crippen molar-refractivity contribution < 1.29 is 22.5 Å². The van der Waals surface area contributed by atoms with Crippen molar-refractivity contribution in [2.45, 2.75) is 50.5 Å². The van der Waals surface area contributed by atoms with Crippen LogP contribution < -0.4 is 10.1 Å². The van der Waals surface area contributed by atoms with Crippen molar-refractivity contribution in [2.75, 3.05) is 20.2 Å². The number of hydrogen-bond acceptors (Lipinski definition) is 6. The number of piperidine rings is 1. The highest BCUT2D eigenvalue weighted by Gasteiger charge is 2.38. The highest BCUT2D eigenvalue weighted by Crippen LogP contribution is 2.41. The van der Waals surface area contributed by atoms with Gasteiger partial charge in [0, 0.05) is 19.0 Å². The fourth-order valence-corrected chi connectivity index (χ4v) is 6.08. The van der Waals surface area contributed by atoms with Crippen LogP contribution >= 0.6 is 0 Å². The molecule has 1 aromatic heterocycles. The minimum Gasteiger partial charge on any atom is -0.497 e. The van der Waals surface area contributed by atoms with Gasteiger partial charge in [-0.05, 0) is 63.1 Å². The van der Waals surface area contributed by atoms with Gasteiger partial charge in [0.25, 0.3) is 0 Å². The molecule has 2 aromatic rings. The van der Waals surface area contributed by atoms with Crippen molar-refractivity contribution in [2.24, 2.45) is 11.8 Å². The zero-order valence-corrected chi connectivity index (χ0v) is 18.9. The topological polar surface area (TPSA) is 102 Å². The second-order valence-electron chi connectivity index (χ2n) is 8.43. The zero-order chi connectivity index (χ0) is 22.2. The summed E-state index contributed by atoms with van der Waals surface area (Å²) in [6, 6.07) is 7.81. The van der Waals surface area contributed by atoms with Crippen molar-refractivity contribution in [3.05, 3.63) is 41.3 Å². The van der Waals surface area contributed by atoms with Crippen molar-refractivity contribution >= 4 is 15.9 Å². The highest BCUT2D eigenvalue weighted by atomic mass is 32.2. The number of ether oxygens (including phenoxy) is 1. The summed E-state index contributed by atoms with van der Waals surface area (Å²) in [5.74, 6) is 1.34. The number of methoxy groups -OCH3 is 1. The van der Waals surface area contributed by atoms with Gasteiger partial charge in [-0.25, -0.2) is 8.42 Å². The molecule has 31 heavy (non-hydrogen) atoms. The molecule has 1 aliphatic heterocycles. The number of aromatic nitrogens is 1. The van der Waals surface area contributed by atoms with Crippen molar-refractivity contribution in [3.8, 4) is 5.75 Å². The van der Waals surface area contributed by atoms with Gasteiger partial charge in [0.2, 0.25) is 15.9 Å². The van der Waals surface area contributed by atoms with E-state index in [9.17, 15) is 13.2 Å². The summed E-state index contributed by atoms with van der Waals surface area (Å²) >= 11 is 0. The fourth-order valence-electron chi connectivity index (χ4n) is 4.32. The van der Waals surface area contributed by atoms with Gasteiger partial charge in [0.05, 0.1) is 13.2 Å². The van der Waals surface area contributed by atoms with Crippen molar-refractivity contribution in [1.29, 1.82) is 0 Å². The Kier molecular flexibility index (Phi) is 6.07. The molecule has 2 fully saturated rings. The van der Waals surface area contributed by atoms with Crippen LogP contribution in [0.2, 0.25) is 0 Å². The summed E-state index contributed by atoms with van der Waals surface area (Å²) in [6.07, 6.45) is 3.19. The molecule has 1 saturated carbocycles. The monoisotopic (exact) mass is 447 g/mol. The molecule has 1 aliphatic carbocycles. The lowest BCUT2D eigenvalue weighted by Crippen LogP contribution is -2.44. The van der Waals surface area contributed by atoms with Gasteiger partial charge in [0.1, 0.15) is 16.3 Å². The molecule has 0 radical (unpaired) electrons. The van der Waals surface area contributed by atoms with Crippen LogP contribution in [-0.4, -0.2) is 44.0 Å². The minimum absolute atomic E-state index is 0.00195. The number of amides is 1. The third-order valence-electron chi connectivity index (χ3n) is 6.26. The Hall–Kier alpha value is -2.39. The van der Waals surface area contributed by atoms with Crippen molar-refractivity contribution in [1.82, 2.24) is 14.8 Å². The van der Waals surface area contributed by atoms with Gasteiger partial charge in [-0.15, -0.1) is 0 Å². The first kappa shape index (κ1) is 21.8. The number of aryl methyl sites for hydroxylation is 2. The quantitative estimate of drug-likeness (QED) is 0.700. The molecule has 1 unspecified atom stereocenters. The number of nitrogens with zero attached hydrogens (tertiary/aromatic N) is 2. The van der Waals surface area contributed by atoms with E-state index >= 15 is 0 Å². The second-order valence-corrected chi connectivity index (χ2v) is 10.3. The smallest absolute Gasteiger partial charge is 0.248 e. The van der Waals surface area contributed by atoms with E-state index < -0.39 is 10.0 Å². The molecule has 1 N–H and O–H groups in total. The second kappa shape index (κ2) is 8.63. The van der Waals surface area contributed by atoms with Crippen LogP contribution in [0.1, 0.15) is 48.7 Å². The van der Waals surface area contributed by atoms with Gasteiger partial charge in [-0.1, -0.05) is 17.3 Å². The fraction of sp³-hybridized carbons (Fsp3) is 0.545. The molecule has 1 aromatic carbocycles. The lowest BCUT2D eigenvalue weighted by Gasteiger charge is -2.31. The predicted molar refractivity (Wildman–Crippen MR) is 114 cm³/mol. The summed E-state index contributed by atoms with van der Waals surface area (Å²) in [7, 11) is -2.04. The average Bonchev–Trinajstić information content (AvgIpc) is 3.55. The van der Waals surface area contributed by atoms with E-state index in [0.29, 0.717) is 43.3 Å². The van der Waals surface area contributed by atoms with Gasteiger partial charge in [-0.3, -0.25) is 4.79 Å². The number of benzene rings is 1. The van der Waals surface area contributed by atoms with Gasteiger partial charge in [0.15, 0.2) is 5.76 Å². The molecule has 1 saturated heterocycles. The molecule has 9 heteroatoms. The van der Waals surface area contributed by atoms with Crippen LogP contribution in [0.4, 0.5) is 0 Å². The summed E-state index contributed by atoms with van der Waals surface area (Å²) in [6.45, 7) is 3.84. The highest BCUT2D eigenvalue weighted by molar-refractivity contribution is 7.89. The SMILES string of the molecule is COc1ccc(C(NC(=O)C2CCN(S(=O)(=O)c3c(C)noc3C)CC2)C2CC2)cc1. The Balaban J connectivity index is 1.39. The minimum atomic E-state index is -3.67. The van der Waals surface area contributed by atoms with Crippen LogP contribution in [0.3, 0.4) is 0 Å². The summed E-state index contributed by atoms with van der Waals surface area (Å²) in [5, 5.41) is 6.99. The largest absolute Gasteiger partial charge is 0.497 e. The number of carbonyl (C=O) groups is 1. The summed E-state index contributed by atoms with van der Waals surface area (Å²) in [4.78, 5) is 13.1. The Morgan fingerprint density at radius 2 is 1.81 bits per heavy atom. The van der Waals surface area contributed by atoms with Gasteiger partial charge < -0.3 is 14.6 Å². The number of sulfonamides is 1. The van der Waals surface area contributed by atoms with Crippen LogP contribution in [0, 0.1) is 25.7 Å². The maximum Gasteiger partial charge on any atom is 0.248 e. The number of nitrogens with one attached hydrogen (secondary N) is 1. The van der Waals surface area contributed by atoms with Gasteiger partial charge >= 0.3 is 0 Å². The molecule has 8 nitrogen and oxygen atoms in total. The first-order valence-corrected chi connectivity index (χ1v) is 12.1. The van der Waals surface area contributed by atoms with Crippen LogP contribution in [0.15, 0.2) is 33.7 Å². The van der Waals surface area contributed by atoms with Gasteiger partial charge in [-0.2, -0.15) is 4.31 Å². The number of carbonyl (C=O) groups excluding carboxylic acids is 1. The number of rotatable bonds is 7. The van der Waals surface area contributed by atoms with E-state index in [-0.39, 0.29) is 22.8 Å². The normalized spacial score (nSPS) is 19.2. The Morgan fingerprint density at radius 3 is 2.32 bits per heavy atom. The summed E-state index contributed by atoms with van der Waals surface area (Å²) < 4.78 is 37.7. The standard InChI is InChI=1S/C22H29N3O5S/c1-14-21(15(2)30-24-14)31(27,28)25-12-10-18(11-13-25)22(26)23-20(16-4-5-16)17-6-8-19(29-3)9-7-17/h6-9,16,18,20H,4-5,10-13H2,1-3H3,(H,23,26). The lowest BCUT2D eigenvalue weighted by molar-refractivity contribution is -0.127. The van der Waals surface area contributed by atoms with Crippen molar-refractivity contribution in [3.63, 3.8) is 0 Å². The molecule has 1 amide bonds. The van der Waals surface area contributed by atoms with E-state index in [1.807, 2.05) is 24.3 Å². The zero-order valence-electron chi connectivity index (χ0n) is 18.1. The Morgan fingerprint density at radius 1 is 1.16 bits per heavy atom. The van der Waals surface area contributed by atoms with E-state index in [1.165, 1.54) is 4.31 Å². The third-order valence-corrected chi connectivity index (χ3v) is 8.40. The summed E-state index contributed by atoms with van der Waals surface area (Å²) in [5.41, 5.74) is 1.44. The Bertz CT molecular complexity index is 1020. The average molecular weight is 448 g/mol. The van der Waals surface area contributed by atoms with E-state index in [0.717, 1.165) is 24.2 Å². The maximum absolute atomic E-state index is 13.0. The van der Waals surface area contributed by atoms with E-state index in [4.69, 9.17) is 9.26 Å². The molecule has 0 spiro atoms. The van der Waals surface area contributed by atoms with Crippen LogP contribution in [-0.2, 0) is 14.8 Å². The number of hydrogen-bond donors (Lipinski definition) is 1. The third kappa shape index (κ3) is 4.48. The van der Waals surface area contributed by atoms with E-state index in [2.05, 4.69) is 10.5 Å². The maximum atomic E-state index is 13.0. The molecule has 2 aliphatic rings. The Labute approximate surface area is 183 Å². The molecular weight excluding hydrogens is 418 g/mol. The van der Waals surface area contributed by atoms with Crippen LogP contribution in [0.5, 0.6) is 5.75 Å². The lowest BCUT2D eigenvalue weighted by atomic mass is 9.95. The molecular formula is C22H29N3O5S. The molecule has 0 bridgehead atoms. The van der Waals surface area contributed by atoms with Crippen LogP contribution in [0.25, 0.3) is 0 Å². The first-order valence-electron chi connectivity index (χ1n) is 10.7. The molecule has 4 rings (SSSR count). The molecule has 1 atom stereocenters. The molecule has 168 valence electrons. The first-order chi connectivity index (χ1) is 14.8. The van der Waals surface area contributed by atoms with E-state index in [1.54, 1.807) is 21.0 Å². The predicted octanol–water partition coefficient (Wildman–Crippen LogP) is 2.97. The molecule has 2 heterocycles.